The van der Waals surface area contributed by atoms with Gasteiger partial charge in [0.05, 0.1) is 11.5 Å². The first-order valence-electron chi connectivity index (χ1n) is 9.16. The predicted octanol–water partition coefficient (Wildman–Crippen LogP) is 0.983. The Balaban J connectivity index is 1.51. The molecule has 1 aromatic heterocycles. The predicted molar refractivity (Wildman–Crippen MR) is 93.5 cm³/mol. The number of likely N-dealkylation sites (tertiary alicyclic amines) is 3. The molecule has 25 heavy (non-hydrogen) atoms. The van der Waals surface area contributed by atoms with Crippen molar-refractivity contribution in [3.8, 4) is 0 Å². The third-order valence-corrected chi connectivity index (χ3v) is 6.61. The largest absolute Gasteiger partial charge is 0.343 e. The third kappa shape index (κ3) is 2.63. The van der Waals surface area contributed by atoms with E-state index in [2.05, 4.69) is 16.0 Å². The molecule has 4 rings (SSSR count). The summed E-state index contributed by atoms with van der Waals surface area (Å²) in [5.41, 5.74) is 1.13. The number of piperidine rings is 1. The van der Waals surface area contributed by atoms with Crippen molar-refractivity contribution in [2.24, 2.45) is 11.8 Å². The maximum Gasteiger partial charge on any atom is 0.227 e. The first kappa shape index (κ1) is 16.5. The lowest BCUT2D eigenvalue weighted by atomic mass is 9.75. The number of carbonyl (C=O) groups excluding carboxylic acids is 2. The zero-order valence-electron chi connectivity index (χ0n) is 15.0. The Kier molecular flexibility index (Phi) is 4.02. The number of aromatic nitrogens is 1. The molecular weight excluding hydrogens is 316 g/mol. The molecule has 3 aliphatic heterocycles. The zero-order chi connectivity index (χ0) is 17.6. The molecule has 1 aromatic rings. The van der Waals surface area contributed by atoms with Crippen LogP contribution in [0.4, 0.5) is 0 Å². The Morgan fingerprint density at radius 3 is 2.72 bits per heavy atom. The molecular formula is C19H26N4O2. The van der Waals surface area contributed by atoms with Crippen molar-refractivity contribution in [3.05, 3.63) is 30.1 Å². The molecule has 0 aliphatic carbocycles. The second-order valence-corrected chi connectivity index (χ2v) is 7.78. The third-order valence-electron chi connectivity index (χ3n) is 6.61. The molecule has 4 heterocycles. The van der Waals surface area contributed by atoms with Gasteiger partial charge >= 0.3 is 0 Å². The van der Waals surface area contributed by atoms with Gasteiger partial charge in [0, 0.05) is 65.0 Å². The Labute approximate surface area is 148 Å². The first-order valence-corrected chi connectivity index (χ1v) is 9.16. The smallest absolute Gasteiger partial charge is 0.227 e. The minimum Gasteiger partial charge on any atom is -0.343 e. The van der Waals surface area contributed by atoms with E-state index in [1.165, 1.54) is 5.56 Å². The topological polar surface area (TPSA) is 56.8 Å². The molecule has 0 N–H and O–H groups in total. The molecule has 0 saturated carbocycles. The molecule has 6 nitrogen and oxygen atoms in total. The maximum absolute atomic E-state index is 12.9. The average Bonchev–Trinajstić information content (AvgIpc) is 3.11. The van der Waals surface area contributed by atoms with E-state index in [1.807, 2.05) is 29.1 Å². The summed E-state index contributed by atoms with van der Waals surface area (Å²) in [6, 6.07) is 4.06. The molecule has 0 radical (unpaired) electrons. The quantitative estimate of drug-likeness (QED) is 0.804. The average molecular weight is 342 g/mol. The van der Waals surface area contributed by atoms with Crippen LogP contribution in [0.15, 0.2) is 24.5 Å². The van der Waals surface area contributed by atoms with Crippen LogP contribution in [0.5, 0.6) is 0 Å². The highest BCUT2D eigenvalue weighted by molar-refractivity contribution is 5.83. The number of hydrogen-bond acceptors (Lipinski definition) is 4. The Morgan fingerprint density at radius 2 is 2.08 bits per heavy atom. The number of amides is 2. The highest BCUT2D eigenvalue weighted by Crippen LogP contribution is 2.49. The van der Waals surface area contributed by atoms with E-state index in [0.29, 0.717) is 5.92 Å². The van der Waals surface area contributed by atoms with Gasteiger partial charge in [-0.1, -0.05) is 6.07 Å². The normalized spacial score (nSPS) is 28.6. The lowest BCUT2D eigenvalue weighted by Crippen LogP contribution is -2.56. The minimum atomic E-state index is -0.0720. The van der Waals surface area contributed by atoms with Crippen LogP contribution >= 0.6 is 0 Å². The van der Waals surface area contributed by atoms with Crippen LogP contribution in [0, 0.1) is 11.8 Å². The van der Waals surface area contributed by atoms with Gasteiger partial charge in [-0.2, -0.15) is 0 Å². The van der Waals surface area contributed by atoms with Gasteiger partial charge in [-0.25, -0.2) is 0 Å². The van der Waals surface area contributed by atoms with E-state index >= 15 is 0 Å². The van der Waals surface area contributed by atoms with Gasteiger partial charge in [0.2, 0.25) is 11.8 Å². The standard InChI is InChI=1S/C19H26N4O2/c1-14(24)23-8-5-19(6-9-23)17-13-22(11-15-4-3-7-20-10-15)12-16(17)18(25)21(19)2/h3-4,7,10,16-17H,5-6,8-9,11-13H2,1-2H3/t16-,17+/m0/s1. The summed E-state index contributed by atoms with van der Waals surface area (Å²) >= 11 is 0. The summed E-state index contributed by atoms with van der Waals surface area (Å²) < 4.78 is 0. The number of pyridine rings is 1. The van der Waals surface area contributed by atoms with E-state index in [0.717, 1.165) is 45.6 Å². The summed E-state index contributed by atoms with van der Waals surface area (Å²) in [7, 11) is 1.97. The Bertz CT molecular complexity index is 669. The number of fused-ring (bicyclic) bond motifs is 2. The van der Waals surface area contributed by atoms with Crippen LogP contribution in [0.25, 0.3) is 0 Å². The van der Waals surface area contributed by atoms with Crippen molar-refractivity contribution >= 4 is 11.8 Å². The van der Waals surface area contributed by atoms with Gasteiger partial charge < -0.3 is 9.80 Å². The van der Waals surface area contributed by atoms with Crippen LogP contribution in [0.2, 0.25) is 0 Å². The summed E-state index contributed by atoms with van der Waals surface area (Å²) in [6.45, 7) is 5.80. The lowest BCUT2D eigenvalue weighted by Gasteiger charge is -2.46. The second kappa shape index (κ2) is 6.09. The molecule has 3 aliphatic rings. The summed E-state index contributed by atoms with van der Waals surface area (Å²) in [6.07, 6.45) is 5.50. The molecule has 0 aromatic carbocycles. The second-order valence-electron chi connectivity index (χ2n) is 7.78. The van der Waals surface area contributed by atoms with E-state index in [1.54, 1.807) is 13.1 Å². The van der Waals surface area contributed by atoms with Crippen molar-refractivity contribution in [1.82, 2.24) is 19.7 Å². The van der Waals surface area contributed by atoms with Crippen LogP contribution in [0.1, 0.15) is 25.3 Å². The number of hydrogen-bond donors (Lipinski definition) is 0. The number of carbonyl (C=O) groups is 2. The molecule has 6 heteroatoms. The van der Waals surface area contributed by atoms with Crippen LogP contribution in [-0.4, -0.2) is 70.3 Å². The summed E-state index contributed by atoms with van der Waals surface area (Å²) in [5, 5.41) is 0. The molecule has 3 fully saturated rings. The fourth-order valence-electron chi connectivity index (χ4n) is 5.19. The van der Waals surface area contributed by atoms with Crippen molar-refractivity contribution in [2.75, 3.05) is 33.2 Å². The van der Waals surface area contributed by atoms with E-state index in [9.17, 15) is 9.59 Å². The van der Waals surface area contributed by atoms with Gasteiger partial charge in [0.1, 0.15) is 0 Å². The summed E-state index contributed by atoms with van der Waals surface area (Å²) in [4.78, 5) is 35.1. The number of rotatable bonds is 2. The van der Waals surface area contributed by atoms with Crippen molar-refractivity contribution in [2.45, 2.75) is 31.8 Å². The first-order chi connectivity index (χ1) is 12.0. The fourth-order valence-corrected chi connectivity index (χ4v) is 5.19. The highest BCUT2D eigenvalue weighted by Gasteiger charge is 2.60. The number of nitrogens with zero attached hydrogens (tertiary/aromatic N) is 4. The maximum atomic E-state index is 12.9. The summed E-state index contributed by atoms with van der Waals surface area (Å²) in [5.74, 6) is 0.902. The van der Waals surface area contributed by atoms with Crippen molar-refractivity contribution < 1.29 is 9.59 Å². The molecule has 134 valence electrons. The van der Waals surface area contributed by atoms with Gasteiger partial charge in [0.15, 0.2) is 0 Å². The molecule has 1 spiro atoms. The van der Waals surface area contributed by atoms with Gasteiger partial charge in [-0.15, -0.1) is 0 Å². The molecule has 2 atom stereocenters. The van der Waals surface area contributed by atoms with E-state index in [-0.39, 0.29) is 23.3 Å². The minimum absolute atomic E-state index is 0.0720. The van der Waals surface area contributed by atoms with Crippen LogP contribution in [0.3, 0.4) is 0 Å². The van der Waals surface area contributed by atoms with Crippen LogP contribution < -0.4 is 0 Å². The highest BCUT2D eigenvalue weighted by atomic mass is 16.2. The molecule has 3 saturated heterocycles. The molecule has 0 bridgehead atoms. The fraction of sp³-hybridized carbons (Fsp3) is 0.632. The molecule has 2 amide bonds. The Morgan fingerprint density at radius 1 is 1.32 bits per heavy atom. The van der Waals surface area contributed by atoms with Gasteiger partial charge in [-0.05, 0) is 24.5 Å². The SMILES string of the molecule is CC(=O)N1CCC2(CC1)[C@@H]1CN(Cc3cccnc3)C[C@@H]1C(=O)N2C. The van der Waals surface area contributed by atoms with E-state index < -0.39 is 0 Å². The molecule has 0 unspecified atom stereocenters. The zero-order valence-corrected chi connectivity index (χ0v) is 15.0. The van der Waals surface area contributed by atoms with Crippen molar-refractivity contribution in [3.63, 3.8) is 0 Å². The van der Waals surface area contributed by atoms with E-state index in [4.69, 9.17) is 0 Å². The van der Waals surface area contributed by atoms with Gasteiger partial charge in [-0.3, -0.25) is 19.5 Å². The monoisotopic (exact) mass is 342 g/mol. The lowest BCUT2D eigenvalue weighted by molar-refractivity contribution is -0.136. The Hall–Kier alpha value is -1.95. The van der Waals surface area contributed by atoms with Gasteiger partial charge in [0.25, 0.3) is 0 Å². The van der Waals surface area contributed by atoms with Crippen LogP contribution in [-0.2, 0) is 16.1 Å². The van der Waals surface area contributed by atoms with Crippen molar-refractivity contribution in [1.29, 1.82) is 0 Å².